The normalized spacial score (nSPS) is 11.6. The molecule has 104 valence electrons. The van der Waals surface area contributed by atoms with Crippen LogP contribution < -0.4 is 5.32 Å². The van der Waals surface area contributed by atoms with Gasteiger partial charge in [0.15, 0.2) is 0 Å². The van der Waals surface area contributed by atoms with Crippen LogP contribution in [0.4, 0.5) is 0 Å². The van der Waals surface area contributed by atoms with E-state index in [1.54, 1.807) is 0 Å². The molecule has 1 N–H and O–H groups in total. The van der Waals surface area contributed by atoms with Crippen molar-refractivity contribution in [2.45, 2.75) is 20.3 Å². The van der Waals surface area contributed by atoms with E-state index in [0.717, 1.165) is 45.9 Å². The molecule has 0 aromatic heterocycles. The van der Waals surface area contributed by atoms with Crippen molar-refractivity contribution in [1.29, 1.82) is 0 Å². The van der Waals surface area contributed by atoms with E-state index in [2.05, 4.69) is 36.1 Å². The minimum absolute atomic E-state index is 0.812. The van der Waals surface area contributed by atoms with Gasteiger partial charge in [-0.05, 0) is 34.0 Å². The molecular formula is C13H31N3O. The van der Waals surface area contributed by atoms with Crippen LogP contribution >= 0.6 is 0 Å². The Morgan fingerprint density at radius 2 is 1.71 bits per heavy atom. The molecule has 4 heteroatoms. The van der Waals surface area contributed by atoms with Crippen LogP contribution in [0.15, 0.2) is 0 Å². The van der Waals surface area contributed by atoms with E-state index < -0.39 is 0 Å². The van der Waals surface area contributed by atoms with Crippen molar-refractivity contribution in [3.63, 3.8) is 0 Å². The number of hydrogen-bond acceptors (Lipinski definition) is 4. The molecule has 0 radical (unpaired) electrons. The van der Waals surface area contributed by atoms with Gasteiger partial charge < -0.3 is 19.9 Å². The molecule has 0 aliphatic heterocycles. The predicted molar refractivity (Wildman–Crippen MR) is 74.6 cm³/mol. The summed E-state index contributed by atoms with van der Waals surface area (Å²) in [5.41, 5.74) is 0. The molecule has 17 heavy (non-hydrogen) atoms. The highest BCUT2D eigenvalue weighted by Gasteiger charge is 2.03. The summed E-state index contributed by atoms with van der Waals surface area (Å²) >= 11 is 0. The number of rotatable bonds is 12. The molecule has 0 aromatic rings. The van der Waals surface area contributed by atoms with Gasteiger partial charge in [-0.15, -0.1) is 0 Å². The van der Waals surface area contributed by atoms with Gasteiger partial charge in [-0.25, -0.2) is 0 Å². The lowest BCUT2D eigenvalue weighted by atomic mass is 10.3. The largest absolute Gasteiger partial charge is 0.380 e. The minimum atomic E-state index is 0.812. The van der Waals surface area contributed by atoms with Crippen LogP contribution in [0.3, 0.4) is 0 Å². The first-order valence-electron chi connectivity index (χ1n) is 6.86. The highest BCUT2D eigenvalue weighted by Crippen LogP contribution is 1.91. The smallest absolute Gasteiger partial charge is 0.0590 e. The third kappa shape index (κ3) is 12.1. The lowest BCUT2D eigenvalue weighted by Crippen LogP contribution is -2.37. The Hall–Kier alpha value is -0.160. The van der Waals surface area contributed by atoms with Crippen molar-refractivity contribution in [3.05, 3.63) is 0 Å². The molecule has 0 bridgehead atoms. The zero-order valence-electron chi connectivity index (χ0n) is 12.2. The van der Waals surface area contributed by atoms with Crippen LogP contribution in [0, 0.1) is 0 Å². The lowest BCUT2D eigenvalue weighted by Gasteiger charge is -2.23. The molecule has 0 saturated heterocycles. The Labute approximate surface area is 107 Å². The van der Waals surface area contributed by atoms with Gasteiger partial charge in [0, 0.05) is 39.3 Å². The molecule has 0 fully saturated rings. The maximum Gasteiger partial charge on any atom is 0.0590 e. The van der Waals surface area contributed by atoms with Crippen LogP contribution in [-0.4, -0.2) is 76.4 Å². The van der Waals surface area contributed by atoms with Crippen molar-refractivity contribution < 1.29 is 4.74 Å². The molecule has 0 aromatic carbocycles. The minimum Gasteiger partial charge on any atom is -0.380 e. The topological polar surface area (TPSA) is 27.7 Å². The molecule has 0 aliphatic carbocycles. The fourth-order valence-electron chi connectivity index (χ4n) is 1.64. The summed E-state index contributed by atoms with van der Waals surface area (Å²) < 4.78 is 5.28. The first kappa shape index (κ1) is 16.8. The van der Waals surface area contributed by atoms with Gasteiger partial charge in [-0.2, -0.15) is 0 Å². The van der Waals surface area contributed by atoms with Crippen LogP contribution in [-0.2, 0) is 4.74 Å². The van der Waals surface area contributed by atoms with E-state index in [9.17, 15) is 0 Å². The van der Waals surface area contributed by atoms with E-state index in [1.807, 2.05) is 6.92 Å². The highest BCUT2D eigenvalue weighted by atomic mass is 16.5. The summed E-state index contributed by atoms with van der Waals surface area (Å²) in [5.74, 6) is 0. The lowest BCUT2D eigenvalue weighted by molar-refractivity contribution is 0.148. The second-order valence-electron chi connectivity index (χ2n) is 4.59. The number of likely N-dealkylation sites (N-methyl/N-ethyl adjacent to an activating group) is 1. The number of nitrogens with zero attached hydrogens (tertiary/aromatic N) is 2. The van der Waals surface area contributed by atoms with Crippen molar-refractivity contribution in [1.82, 2.24) is 15.1 Å². The summed E-state index contributed by atoms with van der Waals surface area (Å²) in [4.78, 5) is 4.76. The molecule has 0 saturated carbocycles. The fraction of sp³-hybridized carbons (Fsp3) is 1.00. The van der Waals surface area contributed by atoms with Crippen LogP contribution in [0.1, 0.15) is 20.3 Å². The van der Waals surface area contributed by atoms with Crippen LogP contribution in [0.5, 0.6) is 0 Å². The van der Waals surface area contributed by atoms with Crippen molar-refractivity contribution >= 4 is 0 Å². The quantitative estimate of drug-likeness (QED) is 0.517. The summed E-state index contributed by atoms with van der Waals surface area (Å²) in [6.07, 6.45) is 1.23. The zero-order chi connectivity index (χ0) is 12.9. The van der Waals surface area contributed by atoms with Crippen molar-refractivity contribution in [3.8, 4) is 0 Å². The standard InChI is InChI=1S/C13H31N3O/c1-5-9-16(12-11-15(3)4)10-7-14-8-13-17-6-2/h14H,5-13H2,1-4H3. The second-order valence-corrected chi connectivity index (χ2v) is 4.59. The van der Waals surface area contributed by atoms with E-state index in [4.69, 9.17) is 4.74 Å². The molecule has 0 heterocycles. The Morgan fingerprint density at radius 3 is 2.29 bits per heavy atom. The SMILES string of the molecule is CCCN(CCNCCOCC)CCN(C)C. The van der Waals surface area contributed by atoms with E-state index >= 15 is 0 Å². The summed E-state index contributed by atoms with van der Waals surface area (Å²) in [6.45, 7) is 12.5. The van der Waals surface area contributed by atoms with Gasteiger partial charge in [0.05, 0.1) is 6.61 Å². The van der Waals surface area contributed by atoms with Crippen molar-refractivity contribution in [2.75, 3.05) is 66.6 Å². The second kappa shape index (κ2) is 12.3. The molecule has 0 rings (SSSR count). The van der Waals surface area contributed by atoms with E-state index in [0.29, 0.717) is 0 Å². The average Bonchev–Trinajstić information content (AvgIpc) is 2.30. The molecule has 0 atom stereocenters. The number of hydrogen-bond donors (Lipinski definition) is 1. The Bertz CT molecular complexity index is 154. The predicted octanol–water partition coefficient (Wildman–Crippen LogP) is 0.886. The fourth-order valence-corrected chi connectivity index (χ4v) is 1.64. The average molecular weight is 245 g/mol. The monoisotopic (exact) mass is 245 g/mol. The van der Waals surface area contributed by atoms with Gasteiger partial charge >= 0.3 is 0 Å². The first-order valence-corrected chi connectivity index (χ1v) is 6.86. The molecule has 0 amide bonds. The highest BCUT2D eigenvalue weighted by molar-refractivity contribution is 4.61. The Balaban J connectivity index is 3.48. The summed E-state index contributed by atoms with van der Waals surface area (Å²) in [6, 6.07) is 0. The molecule has 4 nitrogen and oxygen atoms in total. The first-order chi connectivity index (χ1) is 8.20. The van der Waals surface area contributed by atoms with Gasteiger partial charge in [0.2, 0.25) is 0 Å². The number of nitrogens with one attached hydrogen (secondary N) is 1. The van der Waals surface area contributed by atoms with Crippen molar-refractivity contribution in [2.24, 2.45) is 0 Å². The van der Waals surface area contributed by atoms with Gasteiger partial charge in [0.25, 0.3) is 0 Å². The molecule has 0 spiro atoms. The maximum atomic E-state index is 5.28. The van der Waals surface area contributed by atoms with Gasteiger partial charge in [-0.3, -0.25) is 0 Å². The Kier molecular flexibility index (Phi) is 12.2. The summed E-state index contributed by atoms with van der Waals surface area (Å²) in [5, 5.41) is 3.42. The maximum absolute atomic E-state index is 5.28. The van der Waals surface area contributed by atoms with Gasteiger partial charge in [-0.1, -0.05) is 6.92 Å². The third-order valence-electron chi connectivity index (χ3n) is 2.64. The Morgan fingerprint density at radius 1 is 0.941 bits per heavy atom. The molecule has 0 aliphatic rings. The van der Waals surface area contributed by atoms with E-state index in [-0.39, 0.29) is 0 Å². The van der Waals surface area contributed by atoms with E-state index in [1.165, 1.54) is 13.0 Å². The third-order valence-corrected chi connectivity index (χ3v) is 2.64. The van der Waals surface area contributed by atoms with Crippen LogP contribution in [0.25, 0.3) is 0 Å². The summed E-state index contributed by atoms with van der Waals surface area (Å²) in [7, 11) is 4.26. The van der Waals surface area contributed by atoms with Gasteiger partial charge in [0.1, 0.15) is 0 Å². The molecule has 0 unspecified atom stereocenters. The zero-order valence-corrected chi connectivity index (χ0v) is 12.2. The molecular weight excluding hydrogens is 214 g/mol. The van der Waals surface area contributed by atoms with Crippen LogP contribution in [0.2, 0.25) is 0 Å². The number of ether oxygens (including phenoxy) is 1.